The lowest BCUT2D eigenvalue weighted by Crippen LogP contribution is -2.23. The zero-order valence-corrected chi connectivity index (χ0v) is 22.4. The largest absolute Gasteiger partial charge is 0.305 e. The van der Waals surface area contributed by atoms with Gasteiger partial charge in [0.2, 0.25) is 12.7 Å². The Bertz CT molecular complexity index is 1410. The van der Waals surface area contributed by atoms with Gasteiger partial charge in [-0.05, 0) is 43.0 Å². The second kappa shape index (κ2) is 11.8. The number of hydrogen-bond acceptors (Lipinski definition) is 2. The third kappa shape index (κ3) is 5.88. The summed E-state index contributed by atoms with van der Waals surface area (Å²) in [5.74, 6) is 0. The van der Waals surface area contributed by atoms with E-state index in [1.165, 1.54) is 11.1 Å². The zero-order chi connectivity index (χ0) is 26.3. The van der Waals surface area contributed by atoms with E-state index in [-0.39, 0.29) is 5.52 Å². The second-order valence-corrected chi connectivity index (χ2v) is 11.7. The molecule has 0 aliphatic carbocycles. The predicted molar refractivity (Wildman–Crippen MR) is 157 cm³/mol. The van der Waals surface area contributed by atoms with E-state index < -0.39 is 7.14 Å². The molecule has 0 saturated carbocycles. The molecule has 5 aromatic carbocycles. The van der Waals surface area contributed by atoms with Crippen molar-refractivity contribution in [2.45, 2.75) is 20.8 Å². The summed E-state index contributed by atoms with van der Waals surface area (Å²) in [5, 5.41) is 1.15. The molecule has 0 aliphatic heterocycles. The highest BCUT2D eigenvalue weighted by Gasteiger charge is 2.37. The first kappa shape index (κ1) is 26.1. The molecule has 0 heterocycles. The van der Waals surface area contributed by atoms with Crippen LogP contribution in [0.25, 0.3) is 11.1 Å². The second-order valence-electron chi connectivity index (χ2n) is 9.09. The number of benzene rings is 5. The Hall–Kier alpha value is -4.00. The van der Waals surface area contributed by atoms with Crippen LogP contribution < -0.4 is 10.6 Å². The fraction of sp³-hybridized carbons (Fsp3) is 0.0882. The molecule has 184 valence electrons. The first-order chi connectivity index (χ1) is 17.9. The van der Waals surface area contributed by atoms with Gasteiger partial charge in [-0.25, -0.2) is 0 Å². The van der Waals surface area contributed by atoms with Crippen LogP contribution in [0.3, 0.4) is 0 Å². The number of rotatable bonds is 5. The molecule has 3 heteroatoms. The number of aryl methyl sites for hydroxylation is 3. The van der Waals surface area contributed by atoms with Crippen LogP contribution in [0.15, 0.2) is 133 Å². The standard InChI is InChI=1S/C22H21O2P.C12H10/c1-16-14-17(2)21(18(3)15-16)22(23)25(24,19-10-6-4-7-11-19)20-12-8-5-9-13-20;1-3-7-11(8-4-1)12-9-5-2-6-10-12/h4-15H,1-3H3;1-10H. The maximum Gasteiger partial charge on any atom is 0.230 e. The molecule has 0 fully saturated rings. The van der Waals surface area contributed by atoms with Crippen molar-refractivity contribution in [3.05, 3.63) is 156 Å². The van der Waals surface area contributed by atoms with E-state index in [4.69, 9.17) is 0 Å². The molecular weight excluding hydrogens is 471 g/mol. The van der Waals surface area contributed by atoms with E-state index in [1.54, 1.807) is 24.3 Å². The van der Waals surface area contributed by atoms with Crippen LogP contribution in [0.2, 0.25) is 0 Å². The minimum Gasteiger partial charge on any atom is -0.305 e. The van der Waals surface area contributed by atoms with Crippen molar-refractivity contribution in [2.24, 2.45) is 0 Å². The van der Waals surface area contributed by atoms with Gasteiger partial charge in [0.1, 0.15) is 0 Å². The van der Waals surface area contributed by atoms with Gasteiger partial charge in [-0.2, -0.15) is 0 Å². The molecule has 5 rings (SSSR count). The number of carbonyl (C=O) groups excluding carboxylic acids is 1. The highest BCUT2D eigenvalue weighted by molar-refractivity contribution is 7.93. The summed E-state index contributed by atoms with van der Waals surface area (Å²) in [7, 11) is -3.44. The molecule has 0 unspecified atom stereocenters. The van der Waals surface area contributed by atoms with Crippen LogP contribution in [0.1, 0.15) is 27.0 Å². The van der Waals surface area contributed by atoms with Crippen molar-refractivity contribution in [3.8, 4) is 11.1 Å². The van der Waals surface area contributed by atoms with Gasteiger partial charge in [-0.15, -0.1) is 0 Å². The van der Waals surface area contributed by atoms with E-state index in [2.05, 4.69) is 48.5 Å². The Morgan fingerprint density at radius 1 is 0.514 bits per heavy atom. The lowest BCUT2D eigenvalue weighted by atomic mass is 10.0. The van der Waals surface area contributed by atoms with Crippen LogP contribution in [0, 0.1) is 20.8 Å². The lowest BCUT2D eigenvalue weighted by Gasteiger charge is -2.20. The average molecular weight is 503 g/mol. The fourth-order valence-corrected chi connectivity index (χ4v) is 7.21. The summed E-state index contributed by atoms with van der Waals surface area (Å²) >= 11 is 0. The van der Waals surface area contributed by atoms with E-state index >= 15 is 0 Å². The van der Waals surface area contributed by atoms with E-state index in [1.807, 2.05) is 81.4 Å². The Morgan fingerprint density at radius 2 is 0.838 bits per heavy atom. The molecule has 0 bridgehead atoms. The average Bonchev–Trinajstić information content (AvgIpc) is 2.94. The van der Waals surface area contributed by atoms with Crippen LogP contribution in [0.4, 0.5) is 0 Å². The van der Waals surface area contributed by atoms with Crippen LogP contribution in [-0.4, -0.2) is 5.52 Å². The molecule has 0 atom stereocenters. The first-order valence-electron chi connectivity index (χ1n) is 12.4. The molecule has 0 radical (unpaired) electrons. The van der Waals surface area contributed by atoms with Crippen molar-refractivity contribution in [2.75, 3.05) is 0 Å². The predicted octanol–water partition coefficient (Wildman–Crippen LogP) is 8.12. The summed E-state index contributed by atoms with van der Waals surface area (Å²) in [6, 6.07) is 42.9. The van der Waals surface area contributed by atoms with E-state index in [9.17, 15) is 9.36 Å². The molecular formula is C34H31O2P. The van der Waals surface area contributed by atoms with Crippen molar-refractivity contribution in [3.63, 3.8) is 0 Å². The Labute approximate surface area is 220 Å². The van der Waals surface area contributed by atoms with Gasteiger partial charge in [0, 0.05) is 16.2 Å². The minimum atomic E-state index is -3.44. The van der Waals surface area contributed by atoms with Crippen molar-refractivity contribution < 1.29 is 9.36 Å². The van der Waals surface area contributed by atoms with Crippen LogP contribution in [0.5, 0.6) is 0 Å². The minimum absolute atomic E-state index is 0.292. The zero-order valence-electron chi connectivity index (χ0n) is 21.5. The quantitative estimate of drug-likeness (QED) is 0.227. The molecule has 0 spiro atoms. The summed E-state index contributed by atoms with van der Waals surface area (Å²) < 4.78 is 14.2. The topological polar surface area (TPSA) is 34.1 Å². The number of carbonyl (C=O) groups is 1. The van der Waals surface area contributed by atoms with Gasteiger partial charge in [0.15, 0.2) is 0 Å². The van der Waals surface area contributed by atoms with Gasteiger partial charge < -0.3 is 4.57 Å². The summed E-state index contributed by atoms with van der Waals surface area (Å²) in [5.41, 5.74) is 5.67. The van der Waals surface area contributed by atoms with Gasteiger partial charge >= 0.3 is 0 Å². The van der Waals surface area contributed by atoms with E-state index in [0.29, 0.717) is 16.2 Å². The Morgan fingerprint density at radius 3 is 1.19 bits per heavy atom. The summed E-state index contributed by atoms with van der Waals surface area (Å²) in [6.07, 6.45) is 0. The Balaban J connectivity index is 0.000000222. The number of hydrogen-bond donors (Lipinski definition) is 0. The van der Waals surface area contributed by atoms with Crippen molar-refractivity contribution in [1.29, 1.82) is 0 Å². The smallest absolute Gasteiger partial charge is 0.230 e. The third-order valence-electron chi connectivity index (χ3n) is 6.30. The molecule has 0 N–H and O–H groups in total. The SMILES string of the molecule is Cc1cc(C)c(C(=O)P(=O)(c2ccccc2)c2ccccc2)c(C)c1.c1ccc(-c2ccccc2)cc1. The van der Waals surface area contributed by atoms with Gasteiger partial charge in [0.05, 0.1) is 0 Å². The molecule has 37 heavy (non-hydrogen) atoms. The van der Waals surface area contributed by atoms with Gasteiger partial charge in [-0.1, -0.05) is 139 Å². The third-order valence-corrected chi connectivity index (χ3v) is 9.14. The van der Waals surface area contributed by atoms with Crippen LogP contribution in [-0.2, 0) is 4.57 Å². The fourth-order valence-electron chi connectivity index (χ4n) is 4.60. The lowest BCUT2D eigenvalue weighted by molar-refractivity contribution is 0.107. The first-order valence-corrected chi connectivity index (χ1v) is 14.1. The van der Waals surface area contributed by atoms with Gasteiger partial charge in [-0.3, -0.25) is 4.79 Å². The highest BCUT2D eigenvalue weighted by atomic mass is 31.2. The maximum atomic E-state index is 14.2. The monoisotopic (exact) mass is 502 g/mol. The highest BCUT2D eigenvalue weighted by Crippen LogP contribution is 2.47. The summed E-state index contributed by atoms with van der Waals surface area (Å²) in [4.78, 5) is 13.6. The molecule has 5 aromatic rings. The molecule has 0 amide bonds. The van der Waals surface area contributed by atoms with E-state index in [0.717, 1.165) is 16.7 Å². The molecule has 0 aromatic heterocycles. The summed E-state index contributed by atoms with van der Waals surface area (Å²) in [6.45, 7) is 5.82. The molecule has 0 saturated heterocycles. The van der Waals surface area contributed by atoms with Crippen molar-refractivity contribution >= 4 is 23.3 Å². The Kier molecular flexibility index (Phi) is 8.33. The normalized spacial score (nSPS) is 10.8. The molecule has 2 nitrogen and oxygen atoms in total. The molecule has 0 aliphatic rings. The van der Waals surface area contributed by atoms with Gasteiger partial charge in [0.25, 0.3) is 0 Å². The van der Waals surface area contributed by atoms with Crippen molar-refractivity contribution in [1.82, 2.24) is 0 Å². The van der Waals surface area contributed by atoms with Crippen LogP contribution >= 0.6 is 7.14 Å². The maximum absolute atomic E-state index is 14.2.